The van der Waals surface area contributed by atoms with Gasteiger partial charge in [0.2, 0.25) is 0 Å². The molecule has 1 N–H and O–H groups in total. The van der Waals surface area contributed by atoms with Crippen LogP contribution in [0.5, 0.6) is 5.75 Å². The van der Waals surface area contributed by atoms with Gasteiger partial charge in [-0.1, -0.05) is 0 Å². The lowest BCUT2D eigenvalue weighted by atomic mass is 9.23. The van der Waals surface area contributed by atoms with Gasteiger partial charge >= 0.3 is 0 Å². The van der Waals surface area contributed by atoms with Crippen molar-refractivity contribution in [3.8, 4) is 5.75 Å². The molecule has 0 aliphatic carbocycles. The molecule has 1 aromatic rings. The number of ether oxygens (including phenoxy) is 2. The molecule has 0 aromatic heterocycles. The summed E-state index contributed by atoms with van der Waals surface area (Å²) in [6.07, 6.45) is 0. The second-order valence-electron chi connectivity index (χ2n) is 16.9. The molecular weight excluding hydrogens is 462 g/mol. The van der Waals surface area contributed by atoms with E-state index in [-0.39, 0.29) is 26.6 Å². The highest BCUT2D eigenvalue weighted by Gasteiger charge is 2.65. The van der Waals surface area contributed by atoms with Crippen molar-refractivity contribution < 1.29 is 14.6 Å². The molecule has 0 amide bonds. The number of nitrogens with zero attached hydrogens (tertiary/aromatic N) is 2. The molecule has 0 unspecified atom stereocenters. The van der Waals surface area contributed by atoms with Gasteiger partial charge in [0.25, 0.3) is 0 Å². The summed E-state index contributed by atoms with van der Waals surface area (Å²) in [6.45, 7) is 0. The molecule has 188 valence electrons. The zero-order chi connectivity index (χ0) is 31.1. The van der Waals surface area contributed by atoms with Crippen LogP contribution in [0, 0.1) is 0 Å². The van der Waals surface area contributed by atoms with Gasteiger partial charge in [-0.25, -0.2) is 0 Å². The molecule has 1 aliphatic heterocycles. The summed E-state index contributed by atoms with van der Waals surface area (Å²) < 4.78 is 12.9. The smallest absolute Gasteiger partial charge is 0.148 e. The highest BCUT2D eigenvalue weighted by molar-refractivity contribution is 6.64. The summed E-state index contributed by atoms with van der Waals surface area (Å²) in [7, 11) is 41.4. The molecule has 1 aliphatic rings. The van der Waals surface area contributed by atoms with Crippen LogP contribution in [0.3, 0.4) is 0 Å². The van der Waals surface area contributed by atoms with Gasteiger partial charge in [-0.3, -0.25) is 0 Å². The van der Waals surface area contributed by atoms with E-state index >= 15 is 0 Å². The molecule has 1 aromatic carbocycles. The first-order valence-electron chi connectivity index (χ1n) is 14.7. The standard InChI is InChI=1S/C15H43B19N2O3/c16-7(17)9(20,21)36(11(24,25)12(26,27)37)10(22,23)8(18,19)35(7)5-1-3-6(4-2-5)38-13(28,29)14(30,31)39-15(32,33)34/h1-4,37H,16-34H2. The van der Waals surface area contributed by atoms with E-state index in [0.717, 1.165) is 11.4 Å². The van der Waals surface area contributed by atoms with Crippen molar-refractivity contribution >= 4 is 155 Å². The lowest BCUT2D eigenvalue weighted by Crippen LogP contribution is -2.96. The van der Waals surface area contributed by atoms with E-state index in [1.165, 1.54) is 0 Å². The predicted molar refractivity (Wildman–Crippen MR) is 222 cm³/mol. The Hall–Kier alpha value is -0.0662. The number of benzene rings is 1. The summed E-state index contributed by atoms with van der Waals surface area (Å²) in [5.74, 6) is 0.824. The van der Waals surface area contributed by atoms with Gasteiger partial charge in [0.05, 0.1) is 5.40 Å². The number of hydrogen-bond donors (Lipinski definition) is 1. The molecule has 0 bridgehead atoms. The molecule has 1 heterocycles. The molecule has 2 rings (SSSR count). The maximum atomic E-state index is 11.4. The van der Waals surface area contributed by atoms with Crippen LogP contribution in [-0.4, -0.2) is 207 Å². The zero-order valence-corrected chi connectivity index (χ0v) is 29.0. The van der Waals surface area contributed by atoms with Gasteiger partial charge in [-0.15, -0.1) is 0 Å². The van der Waals surface area contributed by atoms with Crippen molar-refractivity contribution in [3.05, 3.63) is 24.3 Å². The van der Waals surface area contributed by atoms with Crippen LogP contribution >= 0.6 is 0 Å². The van der Waals surface area contributed by atoms with E-state index < -0.39 is 21.5 Å². The highest BCUT2D eigenvalue weighted by atomic mass is 16.6. The average molecular weight is 505 g/mol. The van der Waals surface area contributed by atoms with Crippen molar-refractivity contribution in [1.82, 2.24) is 4.90 Å². The summed E-state index contributed by atoms with van der Waals surface area (Å²) in [4.78, 5) is 5.15. The summed E-state index contributed by atoms with van der Waals surface area (Å²) in [6, 6.07) is 8.55. The van der Waals surface area contributed by atoms with E-state index in [0.29, 0.717) is 0 Å². The normalized spacial score (nSPS) is 21.6. The van der Waals surface area contributed by atoms with Crippen molar-refractivity contribution in [3.63, 3.8) is 0 Å². The quantitative estimate of drug-likeness (QED) is 0.356. The third-order valence-corrected chi connectivity index (χ3v) is 10.8. The second kappa shape index (κ2) is 10.0. The largest absolute Gasteiger partial charge is 0.504 e. The number of anilines is 1. The maximum Gasteiger partial charge on any atom is 0.148 e. The zero-order valence-electron chi connectivity index (χ0n) is 29.0. The van der Waals surface area contributed by atoms with E-state index in [1.807, 2.05) is 15.7 Å². The van der Waals surface area contributed by atoms with Crippen LogP contribution in [0.15, 0.2) is 24.3 Å². The molecule has 1 fully saturated rings. The lowest BCUT2D eigenvalue weighted by molar-refractivity contribution is 0.00240. The first-order chi connectivity index (χ1) is 16.9. The Morgan fingerprint density at radius 1 is 0.590 bits per heavy atom. The van der Waals surface area contributed by atoms with E-state index in [4.69, 9.17) is 9.47 Å². The van der Waals surface area contributed by atoms with Crippen LogP contribution in [0.4, 0.5) is 5.69 Å². The minimum Gasteiger partial charge on any atom is -0.504 e. The fraction of sp³-hybridized carbons (Fsp3) is 0.600. The summed E-state index contributed by atoms with van der Waals surface area (Å²) in [5, 5.41) is 7.53. The molecule has 1 saturated heterocycles. The summed E-state index contributed by atoms with van der Waals surface area (Å²) in [5.41, 5.74) is 1.15. The Bertz CT molecular complexity index is 1020. The van der Waals surface area contributed by atoms with Gasteiger partial charge in [-0.05, 0) is 56.3 Å². The Morgan fingerprint density at radius 2 is 0.974 bits per heavy atom. The Morgan fingerprint density at radius 3 is 1.31 bits per heavy atom. The molecule has 0 radical (unpaired) electrons. The van der Waals surface area contributed by atoms with Crippen LogP contribution in [0.2, 0.25) is 0 Å². The Labute approximate surface area is 256 Å². The molecule has 0 saturated carbocycles. The third kappa shape index (κ3) is 5.92. The number of hydrogen-bond acceptors (Lipinski definition) is 5. The number of aliphatic hydroxyl groups is 1. The second-order valence-corrected chi connectivity index (χ2v) is 16.9. The molecule has 0 spiro atoms. The summed E-state index contributed by atoms with van der Waals surface area (Å²) >= 11 is 0. The monoisotopic (exact) mass is 509 g/mol. The Kier molecular flexibility index (Phi) is 9.01. The first-order valence-corrected chi connectivity index (χ1v) is 14.7. The molecular formula is C15H43B19N2O3. The van der Waals surface area contributed by atoms with E-state index in [9.17, 15) is 5.11 Å². The van der Waals surface area contributed by atoms with Crippen LogP contribution in [0.25, 0.3) is 0 Å². The minimum absolute atomic E-state index is 0.271. The first kappa shape index (κ1) is 35.1. The topological polar surface area (TPSA) is 45.2 Å². The predicted octanol–water partition coefficient (Wildman–Crippen LogP) is -18.9. The molecule has 24 heteroatoms. The maximum absolute atomic E-state index is 11.4. The minimum atomic E-state index is -0.897. The van der Waals surface area contributed by atoms with Gasteiger partial charge < -0.3 is 24.4 Å². The van der Waals surface area contributed by atoms with Gasteiger partial charge in [0.15, 0.2) is 0 Å². The fourth-order valence-electron chi connectivity index (χ4n) is 6.78. The average Bonchev–Trinajstić information content (AvgIpc) is 2.64. The van der Waals surface area contributed by atoms with Gasteiger partial charge in [-0.2, -0.15) is 0 Å². The Balaban J connectivity index is 2.57. The van der Waals surface area contributed by atoms with Crippen LogP contribution < -0.4 is 9.64 Å². The van der Waals surface area contributed by atoms with E-state index in [1.54, 1.807) is 0 Å². The molecule has 39 heavy (non-hydrogen) atoms. The van der Waals surface area contributed by atoms with Crippen molar-refractivity contribution in [2.24, 2.45) is 0 Å². The van der Waals surface area contributed by atoms with Crippen molar-refractivity contribution in [2.75, 3.05) is 4.90 Å². The van der Waals surface area contributed by atoms with Crippen LogP contribution in [0.1, 0.15) is 0 Å². The van der Waals surface area contributed by atoms with Crippen molar-refractivity contribution in [2.45, 2.75) is 48.2 Å². The van der Waals surface area contributed by atoms with Gasteiger partial charge in [0, 0.05) is 16.5 Å². The fourth-order valence-corrected chi connectivity index (χ4v) is 6.78. The third-order valence-electron chi connectivity index (χ3n) is 10.8. The molecule has 0 atom stereocenters. The van der Waals surface area contributed by atoms with Crippen molar-refractivity contribution in [1.29, 1.82) is 0 Å². The number of piperazine rings is 1. The SMILES string of the molecule is BC(B)(B)OC(B)(B)C(B)(B)Oc1ccc(N2C(B)(B)C(B)(B)N(C(B)(B)C(B)(B)O)C(B)(B)C2(B)B)cc1. The van der Waals surface area contributed by atoms with Gasteiger partial charge in [0.1, 0.15) is 155 Å². The molecule has 5 nitrogen and oxygen atoms in total. The highest BCUT2D eigenvalue weighted by Crippen LogP contribution is 2.48. The lowest BCUT2D eigenvalue weighted by Gasteiger charge is -2.79. The van der Waals surface area contributed by atoms with E-state index in [2.05, 4.69) is 167 Å². The number of rotatable bonds is 8. The van der Waals surface area contributed by atoms with Crippen LogP contribution in [-0.2, 0) is 4.74 Å².